The molecule has 0 radical (unpaired) electrons. The van der Waals surface area contributed by atoms with Crippen molar-refractivity contribution < 1.29 is 18.0 Å². The van der Waals surface area contributed by atoms with Gasteiger partial charge in [-0.1, -0.05) is 80.4 Å². The highest BCUT2D eigenvalue weighted by atomic mass is 32.2. The van der Waals surface area contributed by atoms with Crippen molar-refractivity contribution in [1.82, 2.24) is 14.5 Å². The van der Waals surface area contributed by atoms with Crippen molar-refractivity contribution >= 4 is 32.6 Å². The number of benzene rings is 3. The number of likely N-dealkylation sites (N-methyl/N-ethyl adjacent to an activating group) is 1. The molecule has 1 atom stereocenters. The zero-order valence-electron chi connectivity index (χ0n) is 22.1. The Morgan fingerprint density at radius 1 is 0.946 bits per heavy atom. The summed E-state index contributed by atoms with van der Waals surface area (Å²) < 4.78 is 27.8. The predicted octanol–water partition coefficient (Wildman–Crippen LogP) is 4.49. The molecule has 0 saturated carbocycles. The highest BCUT2D eigenvalue weighted by Gasteiger charge is 2.31. The Bertz CT molecular complexity index is 1340. The summed E-state index contributed by atoms with van der Waals surface area (Å²) in [6.07, 6.45) is 2.21. The van der Waals surface area contributed by atoms with Crippen LogP contribution in [0.5, 0.6) is 0 Å². The fourth-order valence-corrected chi connectivity index (χ4v) is 5.46. The summed E-state index contributed by atoms with van der Waals surface area (Å²) in [5, 5.41) is 4.67. The Kier molecular flexibility index (Phi) is 9.83. The summed E-state index contributed by atoms with van der Waals surface area (Å²) in [6.45, 7) is 6.24. The van der Waals surface area contributed by atoms with E-state index in [2.05, 4.69) is 5.32 Å². The minimum absolute atomic E-state index is 0.121. The summed E-state index contributed by atoms with van der Waals surface area (Å²) in [5.41, 5.74) is 1.93. The fourth-order valence-electron chi connectivity index (χ4n) is 4.31. The van der Waals surface area contributed by atoms with E-state index in [1.54, 1.807) is 18.2 Å². The Labute approximate surface area is 220 Å². The van der Waals surface area contributed by atoms with Crippen LogP contribution in [0.15, 0.2) is 71.6 Å². The molecule has 198 valence electrons. The third kappa shape index (κ3) is 7.17. The van der Waals surface area contributed by atoms with Crippen LogP contribution in [0.3, 0.4) is 0 Å². The van der Waals surface area contributed by atoms with Crippen LogP contribution in [0.4, 0.5) is 0 Å². The molecular weight excluding hydrogens is 486 g/mol. The maximum absolute atomic E-state index is 13.6. The maximum atomic E-state index is 13.6. The lowest BCUT2D eigenvalue weighted by molar-refractivity contribution is -0.141. The standard InChI is InChI=1S/C29H37N3O4S/c1-5-7-17-30-29(34)27(6-2)32(20-23-12-10-11-22(3)18-23)28(33)21-31(4)37(35,36)26-16-15-24-13-8-9-14-25(24)19-26/h8-16,18-19,27H,5-7,17,20-21H2,1-4H3,(H,30,34). The molecule has 0 heterocycles. The molecule has 0 aliphatic rings. The van der Waals surface area contributed by atoms with Crippen LogP contribution < -0.4 is 5.32 Å². The van der Waals surface area contributed by atoms with Crippen molar-refractivity contribution in [3.63, 3.8) is 0 Å². The van der Waals surface area contributed by atoms with Crippen LogP contribution in [0.1, 0.15) is 44.2 Å². The molecule has 0 aliphatic heterocycles. The molecule has 3 aromatic carbocycles. The van der Waals surface area contributed by atoms with Gasteiger partial charge in [-0.2, -0.15) is 4.31 Å². The van der Waals surface area contributed by atoms with Crippen molar-refractivity contribution in [2.24, 2.45) is 0 Å². The topological polar surface area (TPSA) is 86.8 Å². The van der Waals surface area contributed by atoms with Gasteiger partial charge in [-0.05, 0) is 48.2 Å². The van der Waals surface area contributed by atoms with Crippen LogP contribution >= 0.6 is 0 Å². The van der Waals surface area contributed by atoms with E-state index >= 15 is 0 Å². The number of nitrogens with zero attached hydrogens (tertiary/aromatic N) is 2. The Morgan fingerprint density at radius 2 is 1.68 bits per heavy atom. The van der Waals surface area contributed by atoms with Gasteiger partial charge in [0.05, 0.1) is 11.4 Å². The van der Waals surface area contributed by atoms with Crippen molar-refractivity contribution in [1.29, 1.82) is 0 Å². The molecule has 0 aromatic heterocycles. The molecule has 1 N–H and O–H groups in total. The van der Waals surface area contributed by atoms with Crippen LogP contribution in [0.25, 0.3) is 10.8 Å². The minimum Gasteiger partial charge on any atom is -0.354 e. The fraction of sp³-hybridized carbons (Fsp3) is 0.379. The molecule has 37 heavy (non-hydrogen) atoms. The molecule has 8 heteroatoms. The van der Waals surface area contributed by atoms with Crippen LogP contribution in [0.2, 0.25) is 0 Å². The van der Waals surface area contributed by atoms with Crippen LogP contribution in [-0.2, 0) is 26.2 Å². The highest BCUT2D eigenvalue weighted by Crippen LogP contribution is 2.22. The number of unbranched alkanes of at least 4 members (excludes halogenated alkanes) is 1. The van der Waals surface area contributed by atoms with Crippen molar-refractivity contribution in [2.45, 2.75) is 57.5 Å². The van der Waals surface area contributed by atoms with Gasteiger partial charge in [-0.15, -0.1) is 0 Å². The van der Waals surface area contributed by atoms with Gasteiger partial charge in [-0.25, -0.2) is 8.42 Å². The average molecular weight is 524 g/mol. The van der Waals surface area contributed by atoms with E-state index in [0.29, 0.717) is 13.0 Å². The molecule has 0 aliphatic carbocycles. The number of hydrogen-bond donors (Lipinski definition) is 1. The first-order chi connectivity index (χ1) is 17.7. The van der Waals surface area contributed by atoms with Gasteiger partial charge in [0.15, 0.2) is 0 Å². The predicted molar refractivity (Wildman–Crippen MR) is 147 cm³/mol. The number of sulfonamides is 1. The second-order valence-corrected chi connectivity index (χ2v) is 11.4. The van der Waals surface area contributed by atoms with Crippen molar-refractivity contribution in [3.8, 4) is 0 Å². The summed E-state index contributed by atoms with van der Waals surface area (Å²) in [7, 11) is -2.53. The third-order valence-corrected chi connectivity index (χ3v) is 8.24. The number of carbonyl (C=O) groups excluding carboxylic acids is 2. The molecule has 0 bridgehead atoms. The van der Waals surface area contributed by atoms with E-state index in [9.17, 15) is 18.0 Å². The van der Waals surface area contributed by atoms with Crippen LogP contribution in [-0.4, -0.2) is 55.6 Å². The number of hydrogen-bond acceptors (Lipinski definition) is 4. The quantitative estimate of drug-likeness (QED) is 0.354. The first-order valence-corrected chi connectivity index (χ1v) is 14.2. The van der Waals surface area contributed by atoms with Gasteiger partial charge in [-0.3, -0.25) is 9.59 Å². The molecule has 1 unspecified atom stereocenters. The number of nitrogens with one attached hydrogen (secondary N) is 1. The van der Waals surface area contributed by atoms with E-state index in [4.69, 9.17) is 0 Å². The van der Waals surface area contributed by atoms with Crippen molar-refractivity contribution in [3.05, 3.63) is 77.9 Å². The zero-order chi connectivity index (χ0) is 27.0. The summed E-state index contributed by atoms with van der Waals surface area (Å²) >= 11 is 0. The normalized spacial score (nSPS) is 12.5. The van der Waals surface area contributed by atoms with E-state index < -0.39 is 22.0 Å². The third-order valence-electron chi connectivity index (χ3n) is 6.44. The molecular formula is C29H37N3O4S. The SMILES string of the molecule is CCCCNC(=O)C(CC)N(Cc1cccc(C)c1)C(=O)CN(C)S(=O)(=O)c1ccc2ccccc2c1. The minimum atomic E-state index is -3.92. The lowest BCUT2D eigenvalue weighted by atomic mass is 10.1. The Hall–Kier alpha value is -3.23. The second-order valence-electron chi connectivity index (χ2n) is 9.35. The largest absolute Gasteiger partial charge is 0.354 e. The number of carbonyl (C=O) groups is 2. The summed E-state index contributed by atoms with van der Waals surface area (Å²) in [4.78, 5) is 28.3. The molecule has 3 aromatic rings. The number of fused-ring (bicyclic) bond motifs is 1. The summed E-state index contributed by atoms with van der Waals surface area (Å²) in [5.74, 6) is -0.650. The molecule has 7 nitrogen and oxygen atoms in total. The van der Waals surface area contributed by atoms with E-state index in [1.165, 1.54) is 11.9 Å². The lowest BCUT2D eigenvalue weighted by Crippen LogP contribution is -2.51. The lowest BCUT2D eigenvalue weighted by Gasteiger charge is -2.32. The van der Waals surface area contributed by atoms with E-state index in [-0.39, 0.29) is 23.9 Å². The van der Waals surface area contributed by atoms with Gasteiger partial charge < -0.3 is 10.2 Å². The van der Waals surface area contributed by atoms with Gasteiger partial charge in [0, 0.05) is 20.1 Å². The molecule has 2 amide bonds. The molecule has 0 saturated heterocycles. The Morgan fingerprint density at radius 3 is 2.35 bits per heavy atom. The van der Waals surface area contributed by atoms with Crippen LogP contribution in [0, 0.1) is 6.92 Å². The number of aryl methyl sites for hydroxylation is 1. The van der Waals surface area contributed by atoms with E-state index in [0.717, 1.165) is 39.0 Å². The van der Waals surface area contributed by atoms with Gasteiger partial charge in [0.25, 0.3) is 0 Å². The summed E-state index contributed by atoms with van der Waals surface area (Å²) in [6, 6.07) is 19.5. The molecule has 0 fully saturated rings. The number of rotatable bonds is 12. The maximum Gasteiger partial charge on any atom is 0.243 e. The van der Waals surface area contributed by atoms with Gasteiger partial charge in [0.2, 0.25) is 21.8 Å². The van der Waals surface area contributed by atoms with Crippen molar-refractivity contribution in [2.75, 3.05) is 20.1 Å². The molecule has 0 spiro atoms. The smallest absolute Gasteiger partial charge is 0.243 e. The first-order valence-electron chi connectivity index (χ1n) is 12.7. The van der Waals surface area contributed by atoms with E-state index in [1.807, 2.05) is 69.3 Å². The van der Waals surface area contributed by atoms with Gasteiger partial charge in [0.1, 0.15) is 6.04 Å². The zero-order valence-corrected chi connectivity index (χ0v) is 22.9. The highest BCUT2D eigenvalue weighted by molar-refractivity contribution is 7.89. The first kappa shape index (κ1) is 28.3. The Balaban J connectivity index is 1.86. The molecule has 3 rings (SSSR count). The second kappa shape index (κ2) is 12.8. The van der Waals surface area contributed by atoms with Gasteiger partial charge >= 0.3 is 0 Å². The monoisotopic (exact) mass is 523 g/mol. The average Bonchev–Trinajstić information content (AvgIpc) is 2.88. The number of amides is 2.